The van der Waals surface area contributed by atoms with Gasteiger partial charge in [-0.1, -0.05) is 38.7 Å². The van der Waals surface area contributed by atoms with Gasteiger partial charge in [-0.25, -0.2) is 4.68 Å². The maximum Gasteiger partial charge on any atom is 0.159 e. The number of hydrogen-bond acceptors (Lipinski definition) is 3. The minimum atomic E-state index is -1.07. The first kappa shape index (κ1) is 16.9. The number of aromatic nitrogens is 2. The van der Waals surface area contributed by atoms with Gasteiger partial charge in [0.15, 0.2) is 5.78 Å². The van der Waals surface area contributed by atoms with E-state index in [-0.39, 0.29) is 5.78 Å². The first-order chi connectivity index (χ1) is 10.3. The van der Waals surface area contributed by atoms with Crippen molar-refractivity contribution in [3.05, 3.63) is 29.5 Å². The van der Waals surface area contributed by atoms with Gasteiger partial charge in [-0.05, 0) is 25.5 Å². The molecule has 0 atom stereocenters. The number of benzene rings is 1. The molecule has 0 aliphatic rings. The molecule has 0 amide bonds. The average molecular weight is 318 g/mol. The maximum absolute atomic E-state index is 11.6. The number of Topliss-reactive ketones (excluding diaryl/α,β-unsaturated/α-hetero) is 1. The Bertz CT molecular complexity index is 671. The molecule has 0 saturated heterocycles. The van der Waals surface area contributed by atoms with Gasteiger partial charge >= 0.3 is 0 Å². The predicted molar refractivity (Wildman–Crippen MR) is 93.2 cm³/mol. The Balaban J connectivity index is 2.21. The molecule has 4 nitrogen and oxygen atoms in total. The van der Waals surface area contributed by atoms with Crippen LogP contribution in [0.4, 0.5) is 0 Å². The molecule has 0 N–H and O–H groups in total. The quantitative estimate of drug-likeness (QED) is 0.438. The molecule has 1 heterocycles. The highest BCUT2D eigenvalue weighted by molar-refractivity contribution is 6.76. The predicted octanol–water partition coefficient (Wildman–Crippen LogP) is 4.11. The van der Waals surface area contributed by atoms with Gasteiger partial charge in [-0.15, -0.1) is 0 Å². The van der Waals surface area contributed by atoms with Gasteiger partial charge in [0, 0.05) is 25.6 Å². The standard InChI is InChI=1S/C17H26N2O2Si/c1-6-16-15-8-7-14(13(2)20)11-17(15)19(18-16)12-21-9-10-22(3,4)5/h7-8,11H,6,9-10,12H2,1-5H3. The minimum Gasteiger partial charge on any atom is -0.360 e. The Kier molecular flexibility index (Phi) is 5.18. The van der Waals surface area contributed by atoms with E-state index >= 15 is 0 Å². The van der Waals surface area contributed by atoms with Crippen molar-refractivity contribution in [2.75, 3.05) is 6.61 Å². The summed E-state index contributed by atoms with van der Waals surface area (Å²) >= 11 is 0. The topological polar surface area (TPSA) is 44.1 Å². The average Bonchev–Trinajstić information content (AvgIpc) is 2.80. The summed E-state index contributed by atoms with van der Waals surface area (Å²) in [5.74, 6) is 0.0762. The summed E-state index contributed by atoms with van der Waals surface area (Å²) in [5.41, 5.74) is 2.76. The largest absolute Gasteiger partial charge is 0.360 e. The third-order valence-electron chi connectivity index (χ3n) is 3.78. The molecule has 1 aromatic carbocycles. The van der Waals surface area contributed by atoms with Crippen LogP contribution in [0.3, 0.4) is 0 Å². The van der Waals surface area contributed by atoms with Crippen molar-refractivity contribution in [3.8, 4) is 0 Å². The molecule has 2 aromatic rings. The lowest BCUT2D eigenvalue weighted by molar-refractivity contribution is 0.0814. The summed E-state index contributed by atoms with van der Waals surface area (Å²) in [4.78, 5) is 11.6. The van der Waals surface area contributed by atoms with Crippen molar-refractivity contribution in [2.24, 2.45) is 0 Å². The number of nitrogens with zero attached hydrogens (tertiary/aromatic N) is 2. The third-order valence-corrected chi connectivity index (χ3v) is 5.48. The van der Waals surface area contributed by atoms with Crippen molar-refractivity contribution in [1.82, 2.24) is 9.78 Å². The van der Waals surface area contributed by atoms with E-state index in [4.69, 9.17) is 4.74 Å². The van der Waals surface area contributed by atoms with Crippen molar-refractivity contribution < 1.29 is 9.53 Å². The number of fused-ring (bicyclic) bond motifs is 1. The zero-order valence-corrected chi connectivity index (χ0v) is 15.3. The van der Waals surface area contributed by atoms with Gasteiger partial charge < -0.3 is 4.74 Å². The van der Waals surface area contributed by atoms with Crippen LogP contribution in [0.2, 0.25) is 25.7 Å². The molecule has 2 rings (SSSR count). The Morgan fingerprint density at radius 1 is 1.32 bits per heavy atom. The Morgan fingerprint density at radius 3 is 2.64 bits per heavy atom. The molecule has 0 bridgehead atoms. The number of rotatable bonds is 7. The van der Waals surface area contributed by atoms with E-state index in [1.54, 1.807) is 6.92 Å². The fourth-order valence-electron chi connectivity index (χ4n) is 2.35. The van der Waals surface area contributed by atoms with Crippen LogP contribution in [0.15, 0.2) is 18.2 Å². The molecule has 120 valence electrons. The normalized spacial score (nSPS) is 12.0. The van der Waals surface area contributed by atoms with Crippen LogP contribution in [0.25, 0.3) is 10.9 Å². The van der Waals surface area contributed by atoms with Gasteiger partial charge in [-0.2, -0.15) is 5.10 Å². The fraction of sp³-hybridized carbons (Fsp3) is 0.529. The summed E-state index contributed by atoms with van der Waals surface area (Å²) < 4.78 is 7.69. The Labute approximate surface area is 133 Å². The van der Waals surface area contributed by atoms with E-state index < -0.39 is 8.07 Å². The lowest BCUT2D eigenvalue weighted by Crippen LogP contribution is -2.22. The summed E-state index contributed by atoms with van der Waals surface area (Å²) in [7, 11) is -1.07. The van der Waals surface area contributed by atoms with E-state index in [0.29, 0.717) is 6.73 Å². The second kappa shape index (κ2) is 6.75. The second-order valence-electron chi connectivity index (χ2n) is 6.94. The molecule has 0 aliphatic heterocycles. The van der Waals surface area contributed by atoms with Crippen LogP contribution >= 0.6 is 0 Å². The lowest BCUT2D eigenvalue weighted by atomic mass is 10.1. The molecular weight excluding hydrogens is 292 g/mol. The lowest BCUT2D eigenvalue weighted by Gasteiger charge is -2.15. The molecule has 0 unspecified atom stereocenters. The number of ether oxygens (including phenoxy) is 1. The zero-order valence-electron chi connectivity index (χ0n) is 14.3. The van der Waals surface area contributed by atoms with Gasteiger partial charge in [0.25, 0.3) is 0 Å². The highest BCUT2D eigenvalue weighted by atomic mass is 28.3. The van der Waals surface area contributed by atoms with Crippen molar-refractivity contribution in [2.45, 2.75) is 52.7 Å². The van der Waals surface area contributed by atoms with E-state index in [2.05, 4.69) is 31.7 Å². The van der Waals surface area contributed by atoms with Gasteiger partial charge in [0.2, 0.25) is 0 Å². The molecule has 22 heavy (non-hydrogen) atoms. The summed E-state index contributed by atoms with van der Waals surface area (Å²) in [5, 5.41) is 5.75. The van der Waals surface area contributed by atoms with E-state index in [1.165, 1.54) is 0 Å². The van der Waals surface area contributed by atoms with Crippen LogP contribution < -0.4 is 0 Å². The molecule has 5 heteroatoms. The number of carbonyl (C=O) groups excluding carboxylic acids is 1. The van der Waals surface area contributed by atoms with Crippen LogP contribution in [0, 0.1) is 0 Å². The number of carbonyl (C=O) groups is 1. The molecule has 0 fully saturated rings. The number of aryl methyl sites for hydroxylation is 1. The molecule has 1 aromatic heterocycles. The van der Waals surface area contributed by atoms with Gasteiger partial charge in [0.1, 0.15) is 6.73 Å². The number of ketones is 1. The highest BCUT2D eigenvalue weighted by Gasteiger charge is 2.14. The monoisotopic (exact) mass is 318 g/mol. The summed E-state index contributed by atoms with van der Waals surface area (Å²) in [6.07, 6.45) is 0.873. The van der Waals surface area contributed by atoms with E-state index in [0.717, 1.165) is 41.2 Å². The molecular formula is C17H26N2O2Si. The smallest absolute Gasteiger partial charge is 0.159 e. The first-order valence-corrected chi connectivity index (χ1v) is 11.6. The Hall–Kier alpha value is -1.46. The fourth-order valence-corrected chi connectivity index (χ4v) is 3.11. The summed E-state index contributed by atoms with van der Waals surface area (Å²) in [6.45, 7) is 11.9. The maximum atomic E-state index is 11.6. The van der Waals surface area contributed by atoms with Crippen molar-refractivity contribution in [1.29, 1.82) is 0 Å². The SMILES string of the molecule is CCc1nn(COCC[Si](C)(C)C)c2cc(C(C)=O)ccc12. The van der Waals surface area contributed by atoms with Crippen LogP contribution in [-0.2, 0) is 17.9 Å². The molecule has 0 saturated carbocycles. The number of hydrogen-bond donors (Lipinski definition) is 0. The molecule has 0 spiro atoms. The highest BCUT2D eigenvalue weighted by Crippen LogP contribution is 2.21. The Morgan fingerprint density at radius 2 is 2.05 bits per heavy atom. The first-order valence-electron chi connectivity index (χ1n) is 7.90. The van der Waals surface area contributed by atoms with Gasteiger partial charge in [-0.3, -0.25) is 4.79 Å². The minimum absolute atomic E-state index is 0.0762. The van der Waals surface area contributed by atoms with E-state index in [9.17, 15) is 4.79 Å². The van der Waals surface area contributed by atoms with Crippen LogP contribution in [0.1, 0.15) is 29.9 Å². The molecule has 0 aliphatic carbocycles. The van der Waals surface area contributed by atoms with Gasteiger partial charge in [0.05, 0.1) is 11.2 Å². The summed E-state index contributed by atoms with van der Waals surface area (Å²) in [6, 6.07) is 6.94. The van der Waals surface area contributed by atoms with Crippen molar-refractivity contribution >= 4 is 24.8 Å². The van der Waals surface area contributed by atoms with Crippen LogP contribution in [0.5, 0.6) is 0 Å². The van der Waals surface area contributed by atoms with Crippen LogP contribution in [-0.4, -0.2) is 30.2 Å². The third kappa shape index (κ3) is 4.05. The van der Waals surface area contributed by atoms with E-state index in [1.807, 2.05) is 22.9 Å². The molecule has 0 radical (unpaired) electrons. The zero-order chi connectivity index (χ0) is 16.3. The van der Waals surface area contributed by atoms with Crippen molar-refractivity contribution in [3.63, 3.8) is 0 Å². The second-order valence-corrected chi connectivity index (χ2v) is 12.6.